The molecule has 0 radical (unpaired) electrons. The van der Waals surface area contributed by atoms with Gasteiger partial charge in [0.05, 0.1) is 21.5 Å². The summed E-state index contributed by atoms with van der Waals surface area (Å²) in [4.78, 5) is 37.4. The monoisotopic (exact) mass is 701 g/mol. The van der Waals surface area contributed by atoms with Gasteiger partial charge in [-0.15, -0.1) is 11.3 Å². The van der Waals surface area contributed by atoms with E-state index in [0.29, 0.717) is 67.5 Å². The van der Waals surface area contributed by atoms with E-state index >= 15 is 0 Å². The summed E-state index contributed by atoms with van der Waals surface area (Å²) in [7, 11) is -3.34. The Bertz CT molecular complexity index is 1970. The quantitative estimate of drug-likeness (QED) is 0.235. The zero-order valence-electron chi connectivity index (χ0n) is 27.5. The van der Waals surface area contributed by atoms with Crippen molar-refractivity contribution in [3.63, 3.8) is 0 Å². The third-order valence-corrected chi connectivity index (χ3v) is 13.5. The fourth-order valence-corrected chi connectivity index (χ4v) is 10.4. The Morgan fingerprint density at radius 2 is 1.69 bits per heavy atom. The average molecular weight is 702 g/mol. The largest absolute Gasteiger partial charge is 0.355 e. The van der Waals surface area contributed by atoms with Crippen molar-refractivity contribution < 1.29 is 22.4 Å². The molecule has 3 aliphatic rings. The molecule has 2 aromatic carbocycles. The summed E-state index contributed by atoms with van der Waals surface area (Å²) in [5, 5.41) is 2.46. The number of rotatable bonds is 6. The van der Waals surface area contributed by atoms with Crippen LogP contribution in [0.2, 0.25) is 0 Å². The number of fused-ring (bicyclic) bond motifs is 3. The number of carbonyl (C=O) groups is 2. The highest BCUT2D eigenvalue weighted by Gasteiger charge is 2.34. The summed E-state index contributed by atoms with van der Waals surface area (Å²) >= 11 is 1.33. The summed E-state index contributed by atoms with van der Waals surface area (Å²) in [5.74, 6) is -0.426. The first kappa shape index (κ1) is 33.4. The minimum Gasteiger partial charge on any atom is -0.355 e. The number of aryl methyl sites for hydroxylation is 1. The Hall–Kier alpha value is -4.13. The van der Waals surface area contributed by atoms with Gasteiger partial charge in [0.2, 0.25) is 10.0 Å². The maximum Gasteiger partial charge on any atom is 0.276 e. The van der Waals surface area contributed by atoms with Crippen molar-refractivity contribution in [3.05, 3.63) is 94.2 Å². The number of thiophene rings is 1. The summed E-state index contributed by atoms with van der Waals surface area (Å²) in [6, 6.07) is 19.6. The maximum absolute atomic E-state index is 14.5. The molecule has 0 unspecified atom stereocenters. The molecule has 7 rings (SSSR count). The van der Waals surface area contributed by atoms with Gasteiger partial charge in [-0.3, -0.25) is 9.59 Å². The molecule has 2 fully saturated rings. The summed E-state index contributed by atoms with van der Waals surface area (Å²) in [6.45, 7) is 4.20. The molecular formula is C37H40FN5O4S2. The molecule has 256 valence electrons. The Balaban J connectivity index is 1.09. The first-order valence-electron chi connectivity index (χ1n) is 17.0. The van der Waals surface area contributed by atoms with Gasteiger partial charge in [0, 0.05) is 43.2 Å². The lowest BCUT2D eigenvalue weighted by Crippen LogP contribution is -2.41. The molecule has 0 spiro atoms. The molecule has 4 heterocycles. The number of hydrogen-bond acceptors (Lipinski definition) is 7. The van der Waals surface area contributed by atoms with Crippen LogP contribution in [-0.2, 0) is 16.4 Å². The van der Waals surface area contributed by atoms with Gasteiger partial charge in [-0.1, -0.05) is 55.7 Å². The molecule has 12 heteroatoms. The van der Waals surface area contributed by atoms with Crippen molar-refractivity contribution in [1.82, 2.24) is 9.29 Å². The van der Waals surface area contributed by atoms with E-state index in [1.54, 1.807) is 34.3 Å². The van der Waals surface area contributed by atoms with Crippen LogP contribution >= 0.6 is 11.3 Å². The van der Waals surface area contributed by atoms with Crippen molar-refractivity contribution in [2.45, 2.75) is 57.1 Å². The van der Waals surface area contributed by atoms with Gasteiger partial charge in [0.25, 0.3) is 11.8 Å². The molecule has 2 aliphatic heterocycles. The van der Waals surface area contributed by atoms with E-state index in [1.807, 2.05) is 42.5 Å². The standard InChI is InChI=1S/C37H40FN5O4S2/c1-25-10-7-14-29(38)34(25)40-36(44)32-24-26-18-21-43(31-16-6-5-13-28(31)35(26)48-32)37(45)30-15-8-17-33(39-30)41-19-9-20-42(23-22-41)49(46,47)27-11-3-2-4-12-27/h5-8,10,13-17,24,27H,2-4,9,11-12,18-23H2,1H3,(H,40,44). The molecule has 49 heavy (non-hydrogen) atoms. The normalized spacial score (nSPS) is 17.5. The van der Waals surface area contributed by atoms with Crippen molar-refractivity contribution in [1.29, 1.82) is 0 Å². The molecule has 1 N–H and O–H groups in total. The summed E-state index contributed by atoms with van der Waals surface area (Å²) in [5.41, 5.74) is 3.65. The SMILES string of the molecule is Cc1cccc(F)c1NC(=O)c1cc2c(s1)-c1ccccc1N(C(=O)c1cccc(N3CCCN(S(=O)(=O)C4CCCCC4)CC3)n1)CC2. The highest BCUT2D eigenvalue weighted by molar-refractivity contribution is 7.89. The number of para-hydroxylation sites is 2. The number of anilines is 3. The Labute approximate surface area is 290 Å². The van der Waals surface area contributed by atoms with Crippen LogP contribution in [0.3, 0.4) is 0 Å². The molecule has 1 aliphatic carbocycles. The van der Waals surface area contributed by atoms with Crippen molar-refractivity contribution >= 4 is 50.4 Å². The molecule has 1 saturated heterocycles. The second-order valence-electron chi connectivity index (χ2n) is 13.0. The van der Waals surface area contributed by atoms with Gasteiger partial charge < -0.3 is 15.1 Å². The van der Waals surface area contributed by atoms with E-state index in [0.717, 1.165) is 53.8 Å². The molecule has 0 atom stereocenters. The predicted octanol–water partition coefficient (Wildman–Crippen LogP) is 6.89. The minimum atomic E-state index is -3.34. The zero-order valence-corrected chi connectivity index (χ0v) is 29.2. The van der Waals surface area contributed by atoms with Crippen LogP contribution in [0.15, 0.2) is 66.7 Å². The number of nitrogens with zero attached hydrogens (tertiary/aromatic N) is 4. The van der Waals surface area contributed by atoms with Gasteiger partial charge in [-0.25, -0.2) is 17.8 Å². The van der Waals surface area contributed by atoms with Gasteiger partial charge in [0.1, 0.15) is 17.3 Å². The van der Waals surface area contributed by atoms with Crippen LogP contribution in [0.25, 0.3) is 10.4 Å². The first-order chi connectivity index (χ1) is 23.7. The minimum absolute atomic E-state index is 0.171. The van der Waals surface area contributed by atoms with E-state index < -0.39 is 15.8 Å². The second kappa shape index (κ2) is 14.0. The predicted molar refractivity (Wildman–Crippen MR) is 193 cm³/mol. The lowest BCUT2D eigenvalue weighted by molar-refractivity contribution is 0.0981. The van der Waals surface area contributed by atoms with Crippen molar-refractivity contribution in [2.24, 2.45) is 0 Å². The van der Waals surface area contributed by atoms with Gasteiger partial charge in [0.15, 0.2) is 0 Å². The second-order valence-corrected chi connectivity index (χ2v) is 16.3. The van der Waals surface area contributed by atoms with Crippen LogP contribution in [0.5, 0.6) is 0 Å². The Morgan fingerprint density at radius 1 is 0.898 bits per heavy atom. The van der Waals surface area contributed by atoms with Gasteiger partial charge in [-0.05, 0) is 74.1 Å². The fraction of sp³-hybridized carbons (Fsp3) is 0.378. The highest BCUT2D eigenvalue weighted by Crippen LogP contribution is 2.42. The van der Waals surface area contributed by atoms with Crippen LogP contribution in [0.1, 0.15) is 69.8 Å². The van der Waals surface area contributed by atoms with Crippen LogP contribution < -0.4 is 15.1 Å². The maximum atomic E-state index is 14.5. The molecule has 2 amide bonds. The molecular weight excluding hydrogens is 662 g/mol. The average Bonchev–Trinajstić information content (AvgIpc) is 3.28. The van der Waals surface area contributed by atoms with Crippen molar-refractivity contribution in [2.75, 3.05) is 47.8 Å². The molecule has 9 nitrogen and oxygen atoms in total. The van der Waals surface area contributed by atoms with Crippen LogP contribution in [0.4, 0.5) is 21.6 Å². The van der Waals surface area contributed by atoms with Gasteiger partial charge in [-0.2, -0.15) is 4.31 Å². The third-order valence-electron chi connectivity index (χ3n) is 9.85. The van der Waals surface area contributed by atoms with E-state index in [4.69, 9.17) is 4.98 Å². The van der Waals surface area contributed by atoms with E-state index in [9.17, 15) is 22.4 Å². The molecule has 2 aromatic heterocycles. The topological polar surface area (TPSA) is 103 Å². The Morgan fingerprint density at radius 3 is 2.51 bits per heavy atom. The lowest BCUT2D eigenvalue weighted by Gasteiger charge is -2.29. The number of carbonyl (C=O) groups excluding carboxylic acids is 2. The number of pyridine rings is 1. The van der Waals surface area contributed by atoms with Gasteiger partial charge >= 0.3 is 0 Å². The number of amides is 2. The van der Waals surface area contributed by atoms with Crippen LogP contribution in [0, 0.1) is 12.7 Å². The smallest absolute Gasteiger partial charge is 0.276 e. The number of nitrogens with one attached hydrogen (secondary N) is 1. The Kier molecular flexibility index (Phi) is 9.54. The van der Waals surface area contributed by atoms with E-state index in [1.165, 1.54) is 17.4 Å². The summed E-state index contributed by atoms with van der Waals surface area (Å²) in [6.07, 6.45) is 5.75. The number of hydrogen-bond donors (Lipinski definition) is 1. The lowest BCUT2D eigenvalue weighted by atomic mass is 10.0. The third kappa shape index (κ3) is 6.73. The number of halogens is 1. The molecule has 0 bridgehead atoms. The van der Waals surface area contributed by atoms with Crippen LogP contribution in [-0.4, -0.2) is 67.5 Å². The zero-order chi connectivity index (χ0) is 34.1. The number of aromatic nitrogens is 1. The van der Waals surface area contributed by atoms with E-state index in [-0.39, 0.29) is 22.8 Å². The molecule has 4 aromatic rings. The van der Waals surface area contributed by atoms with Crippen molar-refractivity contribution in [3.8, 4) is 10.4 Å². The molecule has 1 saturated carbocycles. The van der Waals surface area contributed by atoms with E-state index in [2.05, 4.69) is 10.2 Å². The highest BCUT2D eigenvalue weighted by atomic mass is 32.2. The fourth-order valence-electron chi connectivity index (χ4n) is 7.19. The first-order valence-corrected chi connectivity index (χ1v) is 19.3. The number of sulfonamides is 1. The number of benzene rings is 2. The summed E-state index contributed by atoms with van der Waals surface area (Å²) < 4.78 is 42.9.